The highest BCUT2D eigenvalue weighted by Gasteiger charge is 2.10. The number of nitrogens with zero attached hydrogens (tertiary/aromatic N) is 2. The van der Waals surface area contributed by atoms with Gasteiger partial charge in [-0.1, -0.05) is 71.2 Å². The Hall–Kier alpha value is -2.30. The lowest BCUT2D eigenvalue weighted by molar-refractivity contribution is 0.256. The van der Waals surface area contributed by atoms with Gasteiger partial charge in [0.25, 0.3) is 0 Å². The second-order valence-electron chi connectivity index (χ2n) is 7.73. The van der Waals surface area contributed by atoms with Crippen LogP contribution < -0.4 is 5.32 Å². The number of pyridine rings is 1. The third kappa shape index (κ3) is 6.14. The predicted octanol–water partition coefficient (Wildman–Crippen LogP) is 7.70. The Kier molecular flexibility index (Phi) is 7.88. The van der Waals surface area contributed by atoms with E-state index in [1.54, 1.807) is 0 Å². The van der Waals surface area contributed by atoms with Gasteiger partial charge < -0.3 is 5.32 Å². The molecule has 0 fully saturated rings. The highest BCUT2D eigenvalue weighted by molar-refractivity contribution is 6.35. The third-order valence-electron chi connectivity index (χ3n) is 5.33. The van der Waals surface area contributed by atoms with Crippen molar-refractivity contribution in [3.8, 4) is 0 Å². The summed E-state index contributed by atoms with van der Waals surface area (Å²) in [4.78, 5) is 6.83. The lowest BCUT2D eigenvalue weighted by Crippen LogP contribution is -2.25. The number of nitrogens with one attached hydrogen (secondary N) is 1. The molecule has 0 bridgehead atoms. The minimum atomic E-state index is 0.656. The van der Waals surface area contributed by atoms with Gasteiger partial charge in [-0.05, 0) is 53.9 Å². The maximum atomic E-state index is 6.45. The van der Waals surface area contributed by atoms with Crippen molar-refractivity contribution >= 4 is 51.4 Å². The van der Waals surface area contributed by atoms with Gasteiger partial charge in [-0.2, -0.15) is 0 Å². The molecule has 0 radical (unpaired) electrons. The number of halogens is 3. The van der Waals surface area contributed by atoms with Gasteiger partial charge in [0, 0.05) is 58.5 Å². The zero-order valence-electron chi connectivity index (χ0n) is 17.6. The lowest BCUT2D eigenvalue weighted by Gasteiger charge is -2.23. The Morgan fingerprint density at radius 2 is 1.59 bits per heavy atom. The summed E-state index contributed by atoms with van der Waals surface area (Å²) < 4.78 is 0. The predicted molar refractivity (Wildman–Crippen MR) is 137 cm³/mol. The Morgan fingerprint density at radius 3 is 2.41 bits per heavy atom. The van der Waals surface area contributed by atoms with E-state index in [9.17, 15) is 0 Å². The van der Waals surface area contributed by atoms with Gasteiger partial charge in [-0.25, -0.2) is 0 Å². The van der Waals surface area contributed by atoms with Crippen LogP contribution in [0.15, 0.2) is 79.0 Å². The van der Waals surface area contributed by atoms with E-state index in [-0.39, 0.29) is 0 Å². The van der Waals surface area contributed by atoms with Gasteiger partial charge in [0.1, 0.15) is 0 Å². The molecule has 164 valence electrons. The first-order chi connectivity index (χ1) is 15.6. The van der Waals surface area contributed by atoms with Crippen molar-refractivity contribution in [2.45, 2.75) is 19.5 Å². The third-order valence-corrected chi connectivity index (χ3v) is 6.15. The zero-order valence-corrected chi connectivity index (χ0v) is 19.8. The SMILES string of the molecule is Clc1ccc(CN(CCCNc2ccnc3cc(Cl)ccc23)Cc2ccccc2)c(Cl)c1. The number of fused-ring (bicyclic) bond motifs is 1. The molecule has 0 aliphatic heterocycles. The topological polar surface area (TPSA) is 28.2 Å². The standard InChI is InChI=1S/C26H24Cl3N3/c27-21-8-7-20(24(29)15-21)18-32(17-19-5-2-1-3-6-19)14-4-12-30-25-11-13-31-26-16-22(28)9-10-23(25)26/h1-3,5-11,13,15-16H,4,12,14,17-18H2,(H,30,31). The molecule has 0 saturated carbocycles. The normalized spacial score (nSPS) is 11.2. The number of rotatable bonds is 9. The quantitative estimate of drug-likeness (QED) is 0.247. The number of benzene rings is 3. The highest BCUT2D eigenvalue weighted by atomic mass is 35.5. The molecule has 0 aliphatic carbocycles. The van der Waals surface area contributed by atoms with Crippen LogP contribution in [0.1, 0.15) is 17.5 Å². The maximum Gasteiger partial charge on any atom is 0.0737 e. The van der Waals surface area contributed by atoms with Crippen molar-refractivity contribution in [3.05, 3.63) is 105 Å². The second-order valence-corrected chi connectivity index (χ2v) is 9.01. The van der Waals surface area contributed by atoms with Crippen LogP contribution in [0.2, 0.25) is 15.1 Å². The van der Waals surface area contributed by atoms with Crippen molar-refractivity contribution in [2.24, 2.45) is 0 Å². The summed E-state index contributed by atoms with van der Waals surface area (Å²) in [5.41, 5.74) is 4.33. The van der Waals surface area contributed by atoms with E-state index in [1.807, 2.05) is 54.7 Å². The molecule has 3 aromatic carbocycles. The molecule has 32 heavy (non-hydrogen) atoms. The van der Waals surface area contributed by atoms with E-state index in [4.69, 9.17) is 34.8 Å². The van der Waals surface area contributed by atoms with E-state index >= 15 is 0 Å². The van der Waals surface area contributed by atoms with Gasteiger partial charge in [0.05, 0.1) is 5.52 Å². The molecule has 3 nitrogen and oxygen atoms in total. The molecule has 0 unspecified atom stereocenters. The van der Waals surface area contributed by atoms with Crippen LogP contribution >= 0.6 is 34.8 Å². The van der Waals surface area contributed by atoms with E-state index < -0.39 is 0 Å². The second kappa shape index (κ2) is 11.0. The molecule has 6 heteroatoms. The maximum absolute atomic E-state index is 6.45. The van der Waals surface area contributed by atoms with Crippen molar-refractivity contribution in [3.63, 3.8) is 0 Å². The Labute approximate surface area is 203 Å². The average Bonchev–Trinajstić information content (AvgIpc) is 2.79. The van der Waals surface area contributed by atoms with Crippen LogP contribution in [0, 0.1) is 0 Å². The summed E-state index contributed by atoms with van der Waals surface area (Å²) in [6, 6.07) is 24.0. The minimum absolute atomic E-state index is 0.656. The molecule has 0 amide bonds. The van der Waals surface area contributed by atoms with Gasteiger partial charge in [-0.15, -0.1) is 0 Å². The molecule has 0 atom stereocenters. The molecule has 0 saturated heterocycles. The van der Waals surface area contributed by atoms with Crippen molar-refractivity contribution < 1.29 is 0 Å². The summed E-state index contributed by atoms with van der Waals surface area (Å²) in [5.74, 6) is 0. The average molecular weight is 485 g/mol. The largest absolute Gasteiger partial charge is 0.384 e. The van der Waals surface area contributed by atoms with Crippen LogP contribution in [0.5, 0.6) is 0 Å². The lowest BCUT2D eigenvalue weighted by atomic mass is 10.1. The molecule has 4 rings (SSSR count). The minimum Gasteiger partial charge on any atom is -0.384 e. The van der Waals surface area contributed by atoms with Crippen molar-refractivity contribution in [1.82, 2.24) is 9.88 Å². The van der Waals surface area contributed by atoms with Gasteiger partial charge in [0.15, 0.2) is 0 Å². The molecule has 1 heterocycles. The first-order valence-corrected chi connectivity index (χ1v) is 11.7. The molecular formula is C26H24Cl3N3. The zero-order chi connectivity index (χ0) is 22.3. The molecule has 1 N–H and O–H groups in total. The van der Waals surface area contributed by atoms with Gasteiger partial charge in [-0.3, -0.25) is 9.88 Å². The van der Waals surface area contributed by atoms with Crippen molar-refractivity contribution in [2.75, 3.05) is 18.4 Å². The number of hydrogen-bond acceptors (Lipinski definition) is 3. The van der Waals surface area contributed by atoms with Crippen LogP contribution in [0.4, 0.5) is 5.69 Å². The Bertz CT molecular complexity index is 1180. The number of anilines is 1. The smallest absolute Gasteiger partial charge is 0.0737 e. The summed E-state index contributed by atoms with van der Waals surface area (Å²) in [5, 5.41) is 6.69. The fourth-order valence-electron chi connectivity index (χ4n) is 3.75. The summed E-state index contributed by atoms with van der Waals surface area (Å²) in [6.45, 7) is 3.40. The van der Waals surface area contributed by atoms with Crippen LogP contribution in [-0.2, 0) is 13.1 Å². The fraction of sp³-hybridized carbons (Fsp3) is 0.192. The number of hydrogen-bond donors (Lipinski definition) is 1. The van der Waals surface area contributed by atoms with Crippen molar-refractivity contribution in [1.29, 1.82) is 0 Å². The fourth-order valence-corrected chi connectivity index (χ4v) is 4.38. The first-order valence-electron chi connectivity index (χ1n) is 10.6. The van der Waals surface area contributed by atoms with Gasteiger partial charge in [0.2, 0.25) is 0 Å². The summed E-state index contributed by atoms with van der Waals surface area (Å²) in [7, 11) is 0. The van der Waals surface area contributed by atoms with E-state index in [2.05, 4.69) is 39.5 Å². The Balaban J connectivity index is 1.41. The molecule has 0 aliphatic rings. The summed E-state index contributed by atoms with van der Waals surface area (Å²) in [6.07, 6.45) is 2.79. The van der Waals surface area contributed by atoms with Crippen LogP contribution in [-0.4, -0.2) is 23.0 Å². The van der Waals surface area contributed by atoms with E-state index in [1.165, 1.54) is 5.56 Å². The molecule has 1 aromatic heterocycles. The van der Waals surface area contributed by atoms with Crippen LogP contribution in [0.25, 0.3) is 10.9 Å². The van der Waals surface area contributed by atoms with Crippen LogP contribution in [0.3, 0.4) is 0 Å². The summed E-state index contributed by atoms with van der Waals surface area (Å²) >= 11 is 18.6. The molecule has 0 spiro atoms. The Morgan fingerprint density at radius 1 is 0.812 bits per heavy atom. The first kappa shape index (κ1) is 22.9. The molecule has 4 aromatic rings. The molecular weight excluding hydrogens is 461 g/mol. The number of aromatic nitrogens is 1. The van der Waals surface area contributed by atoms with E-state index in [0.717, 1.165) is 54.8 Å². The van der Waals surface area contributed by atoms with Gasteiger partial charge >= 0.3 is 0 Å². The highest BCUT2D eigenvalue weighted by Crippen LogP contribution is 2.25. The monoisotopic (exact) mass is 483 g/mol. The van der Waals surface area contributed by atoms with E-state index in [0.29, 0.717) is 15.1 Å².